The van der Waals surface area contributed by atoms with Crippen molar-refractivity contribution < 1.29 is 29.4 Å². The van der Waals surface area contributed by atoms with Gasteiger partial charge in [0, 0.05) is 0 Å². The Morgan fingerprint density at radius 1 is 0.833 bits per heavy atom. The van der Waals surface area contributed by atoms with Crippen LogP contribution in [-0.2, 0) is 19.2 Å². The van der Waals surface area contributed by atoms with Crippen LogP contribution in [0.15, 0.2) is 0 Å². The Hall–Kier alpha value is -2.24. The molecule has 0 saturated heterocycles. The number of aliphatic carboxylic acids is 1. The lowest BCUT2D eigenvalue weighted by atomic mass is 10.00. The molecule has 0 fully saturated rings. The van der Waals surface area contributed by atoms with E-state index in [9.17, 15) is 29.4 Å². The van der Waals surface area contributed by atoms with Crippen molar-refractivity contribution >= 4 is 23.7 Å². The van der Waals surface area contributed by atoms with E-state index in [4.69, 9.17) is 11.5 Å². The number of aliphatic hydroxyl groups is 1. The summed E-state index contributed by atoms with van der Waals surface area (Å²) in [5.41, 5.74) is 11.2. The largest absolute Gasteiger partial charge is 0.480 e. The number of carbonyl (C=O) groups is 4. The number of hydrogen-bond acceptors (Lipinski definition) is 7. The van der Waals surface area contributed by atoms with Crippen LogP contribution in [0.5, 0.6) is 0 Å². The van der Waals surface area contributed by atoms with E-state index in [2.05, 4.69) is 16.0 Å². The van der Waals surface area contributed by atoms with Gasteiger partial charge in [0.05, 0.1) is 12.6 Å². The molecule has 0 aliphatic heterocycles. The van der Waals surface area contributed by atoms with E-state index in [1.54, 1.807) is 27.7 Å². The summed E-state index contributed by atoms with van der Waals surface area (Å²) in [6.07, 6.45) is 1.28. The smallest absolute Gasteiger partial charge is 0.326 e. The molecule has 3 amide bonds. The third kappa shape index (κ3) is 9.51. The molecule has 0 rings (SSSR count). The Kier molecular flexibility index (Phi) is 12.8. The summed E-state index contributed by atoms with van der Waals surface area (Å²) < 4.78 is 0. The SMILES string of the molecule is CC(C)C(N)C(=O)NC(C(=O)NC(CO)C(=O)NC(CCCCN)C(=O)O)C(C)C. The fourth-order valence-corrected chi connectivity index (χ4v) is 2.57. The van der Waals surface area contributed by atoms with Crippen molar-refractivity contribution in [2.24, 2.45) is 23.3 Å². The molecule has 0 aliphatic carbocycles. The van der Waals surface area contributed by atoms with Crippen LogP contribution in [-0.4, -0.2) is 71.2 Å². The number of unbranched alkanes of at least 4 members (excludes halogenated alkanes) is 1. The highest BCUT2D eigenvalue weighted by Crippen LogP contribution is 2.06. The first kappa shape index (κ1) is 27.8. The summed E-state index contributed by atoms with van der Waals surface area (Å²) in [5, 5.41) is 26.0. The Bertz CT molecular complexity index is 584. The minimum Gasteiger partial charge on any atom is -0.480 e. The van der Waals surface area contributed by atoms with E-state index in [1.807, 2.05) is 0 Å². The molecule has 0 aromatic heterocycles. The summed E-state index contributed by atoms with van der Waals surface area (Å²) in [6.45, 7) is 6.62. The monoisotopic (exact) mass is 431 g/mol. The molecule has 0 spiro atoms. The van der Waals surface area contributed by atoms with Crippen molar-refractivity contribution in [1.82, 2.24) is 16.0 Å². The molecule has 0 aromatic rings. The molecule has 0 radical (unpaired) electrons. The van der Waals surface area contributed by atoms with Crippen molar-refractivity contribution in [3.05, 3.63) is 0 Å². The van der Waals surface area contributed by atoms with E-state index in [1.165, 1.54) is 0 Å². The van der Waals surface area contributed by atoms with E-state index >= 15 is 0 Å². The third-order valence-electron chi connectivity index (χ3n) is 4.64. The van der Waals surface area contributed by atoms with Gasteiger partial charge in [0.1, 0.15) is 18.1 Å². The van der Waals surface area contributed by atoms with Gasteiger partial charge in [-0.3, -0.25) is 14.4 Å². The van der Waals surface area contributed by atoms with Crippen LogP contribution in [0.2, 0.25) is 0 Å². The normalized spacial score (nSPS) is 15.2. The van der Waals surface area contributed by atoms with Crippen molar-refractivity contribution in [3.63, 3.8) is 0 Å². The lowest BCUT2D eigenvalue weighted by molar-refractivity contribution is -0.143. The highest BCUT2D eigenvalue weighted by Gasteiger charge is 2.31. The molecule has 11 nitrogen and oxygen atoms in total. The zero-order valence-electron chi connectivity index (χ0n) is 18.2. The Balaban J connectivity index is 5.11. The lowest BCUT2D eigenvalue weighted by Gasteiger charge is -2.27. The Morgan fingerprint density at radius 2 is 1.40 bits per heavy atom. The predicted octanol–water partition coefficient (Wildman–Crippen LogP) is -1.71. The fourth-order valence-electron chi connectivity index (χ4n) is 2.57. The number of nitrogens with one attached hydrogen (secondary N) is 3. The van der Waals surface area contributed by atoms with Crippen molar-refractivity contribution in [1.29, 1.82) is 0 Å². The van der Waals surface area contributed by atoms with Crippen LogP contribution in [0.4, 0.5) is 0 Å². The average Bonchev–Trinajstić information content (AvgIpc) is 2.67. The molecule has 0 heterocycles. The van der Waals surface area contributed by atoms with E-state index in [-0.39, 0.29) is 18.3 Å². The van der Waals surface area contributed by atoms with Crippen molar-refractivity contribution in [3.8, 4) is 0 Å². The predicted molar refractivity (Wildman–Crippen MR) is 111 cm³/mol. The van der Waals surface area contributed by atoms with Gasteiger partial charge < -0.3 is 37.6 Å². The van der Waals surface area contributed by atoms with Gasteiger partial charge >= 0.3 is 5.97 Å². The number of carboxylic acids is 1. The number of nitrogens with two attached hydrogens (primary N) is 2. The topological polar surface area (TPSA) is 197 Å². The number of amides is 3. The van der Waals surface area contributed by atoms with Gasteiger partial charge in [-0.05, 0) is 37.6 Å². The minimum atomic E-state index is -1.37. The molecule has 0 saturated carbocycles. The molecule has 0 aromatic carbocycles. The average molecular weight is 432 g/mol. The highest BCUT2D eigenvalue weighted by molar-refractivity contribution is 5.94. The van der Waals surface area contributed by atoms with Crippen LogP contribution in [0.25, 0.3) is 0 Å². The van der Waals surface area contributed by atoms with Gasteiger partial charge in [-0.2, -0.15) is 0 Å². The second-order valence-electron chi connectivity index (χ2n) is 7.93. The molecule has 4 unspecified atom stereocenters. The standard InChI is InChI=1S/C19H37N5O6/c1-10(2)14(21)17(27)24-15(11(3)4)18(28)23-13(9-25)16(26)22-12(19(29)30)7-5-6-8-20/h10-15,25H,5-9,20-21H2,1-4H3,(H,22,26)(H,23,28)(H,24,27)(H,29,30). The van der Waals surface area contributed by atoms with Crippen LogP contribution >= 0.6 is 0 Å². The summed E-state index contributed by atoms with van der Waals surface area (Å²) in [4.78, 5) is 48.6. The molecule has 9 N–H and O–H groups in total. The van der Waals surface area contributed by atoms with Crippen LogP contribution in [0.1, 0.15) is 47.0 Å². The third-order valence-corrected chi connectivity index (χ3v) is 4.64. The summed E-state index contributed by atoms with van der Waals surface area (Å²) in [5.74, 6) is -3.70. The van der Waals surface area contributed by atoms with E-state index in [0.717, 1.165) is 0 Å². The quantitative estimate of drug-likeness (QED) is 0.158. The second-order valence-corrected chi connectivity index (χ2v) is 7.93. The van der Waals surface area contributed by atoms with Crippen LogP contribution in [0.3, 0.4) is 0 Å². The van der Waals surface area contributed by atoms with Gasteiger partial charge in [0.15, 0.2) is 0 Å². The number of rotatable bonds is 14. The van der Waals surface area contributed by atoms with Crippen LogP contribution in [0, 0.1) is 11.8 Å². The van der Waals surface area contributed by atoms with Crippen LogP contribution < -0.4 is 27.4 Å². The number of hydrogen-bond donors (Lipinski definition) is 7. The van der Waals surface area contributed by atoms with E-state index < -0.39 is 54.5 Å². The van der Waals surface area contributed by atoms with Gasteiger partial charge in [-0.1, -0.05) is 27.7 Å². The summed E-state index contributed by atoms with van der Waals surface area (Å²) in [6, 6.07) is -4.32. The Labute approximate surface area is 177 Å². The van der Waals surface area contributed by atoms with Crippen molar-refractivity contribution in [2.45, 2.75) is 71.1 Å². The molecule has 0 aliphatic rings. The molecule has 11 heteroatoms. The molecule has 4 atom stereocenters. The molecule has 0 bridgehead atoms. The highest BCUT2D eigenvalue weighted by atomic mass is 16.4. The molecule has 174 valence electrons. The minimum absolute atomic E-state index is 0.135. The zero-order valence-corrected chi connectivity index (χ0v) is 18.2. The first-order valence-electron chi connectivity index (χ1n) is 10.2. The van der Waals surface area contributed by atoms with Gasteiger partial charge in [-0.25, -0.2) is 4.79 Å². The first-order valence-corrected chi connectivity index (χ1v) is 10.2. The summed E-state index contributed by atoms with van der Waals surface area (Å²) in [7, 11) is 0. The first-order chi connectivity index (χ1) is 14.0. The molecular formula is C19H37N5O6. The number of carboxylic acid groups (broad SMARTS) is 1. The van der Waals surface area contributed by atoms with Gasteiger partial charge in [-0.15, -0.1) is 0 Å². The number of aliphatic hydroxyl groups excluding tert-OH is 1. The maximum Gasteiger partial charge on any atom is 0.326 e. The van der Waals surface area contributed by atoms with Gasteiger partial charge in [0.2, 0.25) is 17.7 Å². The fraction of sp³-hybridized carbons (Fsp3) is 0.789. The van der Waals surface area contributed by atoms with Gasteiger partial charge in [0.25, 0.3) is 0 Å². The Morgan fingerprint density at radius 3 is 1.83 bits per heavy atom. The lowest BCUT2D eigenvalue weighted by Crippen LogP contribution is -2.59. The second kappa shape index (κ2) is 13.9. The zero-order chi connectivity index (χ0) is 23.4. The van der Waals surface area contributed by atoms with E-state index in [0.29, 0.717) is 19.4 Å². The number of carbonyl (C=O) groups excluding carboxylic acids is 3. The van der Waals surface area contributed by atoms with Crippen molar-refractivity contribution in [2.75, 3.05) is 13.2 Å². The maximum absolute atomic E-state index is 12.6. The maximum atomic E-state index is 12.6. The summed E-state index contributed by atoms with van der Waals surface area (Å²) >= 11 is 0. The molecular weight excluding hydrogens is 394 g/mol. The molecule has 30 heavy (non-hydrogen) atoms.